The third-order valence-corrected chi connectivity index (χ3v) is 2.86. The smallest absolute Gasteiger partial charge is 0.253 e. The summed E-state index contributed by atoms with van der Waals surface area (Å²) in [4.78, 5) is 34.5. The van der Waals surface area contributed by atoms with E-state index in [0.717, 1.165) is 0 Å². The van der Waals surface area contributed by atoms with Gasteiger partial charge in [-0.2, -0.15) is 0 Å². The molecule has 0 saturated carbocycles. The molecule has 0 bridgehead atoms. The summed E-state index contributed by atoms with van der Waals surface area (Å²) >= 11 is 0. The van der Waals surface area contributed by atoms with Crippen LogP contribution < -0.4 is 22.1 Å². The Labute approximate surface area is 123 Å². The fraction of sp³-hybridized carbons (Fsp3) is 0.357. The van der Waals surface area contributed by atoms with Crippen molar-refractivity contribution in [2.75, 3.05) is 11.9 Å². The normalized spacial score (nSPS) is 11.5. The predicted molar refractivity (Wildman–Crippen MR) is 79.5 cm³/mol. The predicted octanol–water partition coefficient (Wildman–Crippen LogP) is -0.0324. The molecule has 0 aromatic heterocycles. The van der Waals surface area contributed by atoms with E-state index < -0.39 is 17.9 Å². The molecule has 0 radical (unpaired) electrons. The molecule has 0 spiro atoms. The third-order valence-electron chi connectivity index (χ3n) is 2.86. The van der Waals surface area contributed by atoms with Crippen molar-refractivity contribution in [1.82, 2.24) is 5.32 Å². The molecule has 7 nitrogen and oxygen atoms in total. The summed E-state index contributed by atoms with van der Waals surface area (Å²) in [5, 5.41) is 5.19. The zero-order valence-corrected chi connectivity index (χ0v) is 11.9. The Balaban J connectivity index is 2.76. The van der Waals surface area contributed by atoms with Crippen LogP contribution in [0.1, 0.15) is 30.1 Å². The van der Waals surface area contributed by atoms with Crippen molar-refractivity contribution in [3.05, 3.63) is 29.8 Å². The first-order valence-corrected chi connectivity index (χ1v) is 6.67. The van der Waals surface area contributed by atoms with E-state index in [4.69, 9.17) is 11.5 Å². The van der Waals surface area contributed by atoms with E-state index in [9.17, 15) is 14.4 Å². The number of hydrogen-bond donors (Lipinski definition) is 4. The van der Waals surface area contributed by atoms with Crippen LogP contribution in [-0.2, 0) is 9.59 Å². The molecule has 0 aliphatic carbocycles. The number of rotatable bonds is 7. The molecule has 0 aliphatic rings. The summed E-state index contributed by atoms with van der Waals surface area (Å²) in [6, 6.07) is 5.94. The van der Waals surface area contributed by atoms with Gasteiger partial charge in [-0.25, -0.2) is 0 Å². The van der Waals surface area contributed by atoms with Gasteiger partial charge in [0, 0.05) is 13.0 Å². The van der Waals surface area contributed by atoms with Gasteiger partial charge in [0.05, 0.1) is 17.3 Å². The van der Waals surface area contributed by atoms with Gasteiger partial charge in [0.25, 0.3) is 5.91 Å². The van der Waals surface area contributed by atoms with E-state index in [0.29, 0.717) is 17.7 Å². The number of nitrogens with one attached hydrogen (secondary N) is 2. The van der Waals surface area contributed by atoms with Crippen molar-refractivity contribution < 1.29 is 14.4 Å². The summed E-state index contributed by atoms with van der Waals surface area (Å²) in [6.45, 7) is 1.94. The highest BCUT2D eigenvalue weighted by molar-refractivity contribution is 6.04. The van der Waals surface area contributed by atoms with E-state index in [-0.39, 0.29) is 18.9 Å². The molecule has 7 heteroatoms. The average molecular weight is 292 g/mol. The number of amides is 3. The molecule has 3 amide bonds. The van der Waals surface area contributed by atoms with Crippen LogP contribution in [0.5, 0.6) is 0 Å². The van der Waals surface area contributed by atoms with Crippen molar-refractivity contribution in [3.8, 4) is 0 Å². The van der Waals surface area contributed by atoms with E-state index in [1.165, 1.54) is 0 Å². The minimum absolute atomic E-state index is 0.0565. The number of hydrogen-bond acceptors (Lipinski definition) is 4. The molecule has 0 fully saturated rings. The zero-order valence-electron chi connectivity index (χ0n) is 11.9. The number of carbonyl (C=O) groups is 3. The van der Waals surface area contributed by atoms with E-state index in [1.807, 2.05) is 0 Å². The van der Waals surface area contributed by atoms with Gasteiger partial charge in [-0.3, -0.25) is 14.4 Å². The van der Waals surface area contributed by atoms with Gasteiger partial charge < -0.3 is 22.1 Å². The second-order valence-electron chi connectivity index (χ2n) is 4.52. The Kier molecular flexibility index (Phi) is 6.35. The topological polar surface area (TPSA) is 127 Å². The van der Waals surface area contributed by atoms with Crippen LogP contribution >= 0.6 is 0 Å². The van der Waals surface area contributed by atoms with Crippen LogP contribution in [0.25, 0.3) is 0 Å². The number of carbonyl (C=O) groups excluding carboxylic acids is 3. The van der Waals surface area contributed by atoms with Gasteiger partial charge >= 0.3 is 0 Å². The Morgan fingerprint density at radius 2 is 1.90 bits per heavy atom. The van der Waals surface area contributed by atoms with Gasteiger partial charge in [0.2, 0.25) is 11.8 Å². The first kappa shape index (κ1) is 16.6. The monoisotopic (exact) mass is 292 g/mol. The molecule has 0 saturated heterocycles. The van der Waals surface area contributed by atoms with Crippen molar-refractivity contribution in [3.63, 3.8) is 0 Å². The Morgan fingerprint density at radius 3 is 2.52 bits per heavy atom. The molecule has 1 aromatic rings. The molecule has 0 aliphatic heterocycles. The molecule has 6 N–H and O–H groups in total. The zero-order chi connectivity index (χ0) is 15.8. The van der Waals surface area contributed by atoms with E-state index >= 15 is 0 Å². The number of primary amides is 1. The largest absolute Gasteiger partial charge is 0.370 e. The van der Waals surface area contributed by atoms with Crippen LogP contribution in [0.15, 0.2) is 24.3 Å². The molecule has 1 atom stereocenters. The maximum Gasteiger partial charge on any atom is 0.253 e. The Bertz CT molecular complexity index is 531. The summed E-state index contributed by atoms with van der Waals surface area (Å²) in [6.07, 6.45) is 0.555. The van der Waals surface area contributed by atoms with Crippen LogP contribution in [0, 0.1) is 0 Å². The Hall–Kier alpha value is -2.41. The van der Waals surface area contributed by atoms with Crippen LogP contribution in [0.3, 0.4) is 0 Å². The molecule has 1 rings (SSSR count). The summed E-state index contributed by atoms with van der Waals surface area (Å²) in [7, 11) is 0. The molecule has 114 valence electrons. The first-order valence-electron chi connectivity index (χ1n) is 6.67. The summed E-state index contributed by atoms with van der Waals surface area (Å²) in [5.74, 6) is -1.24. The van der Waals surface area contributed by atoms with Gasteiger partial charge in [-0.05, 0) is 18.6 Å². The quantitative estimate of drug-likeness (QED) is 0.562. The lowest BCUT2D eigenvalue weighted by molar-refractivity contribution is -0.118. The number of para-hydroxylation sites is 1. The highest BCUT2D eigenvalue weighted by atomic mass is 16.2. The number of anilines is 1. The van der Waals surface area contributed by atoms with Crippen LogP contribution in [0.2, 0.25) is 0 Å². The number of benzene rings is 1. The molecule has 0 unspecified atom stereocenters. The SMILES string of the molecule is CC[C@H](N)C(=O)Nc1ccccc1C(=O)NCCC(N)=O. The van der Waals surface area contributed by atoms with Crippen molar-refractivity contribution in [2.45, 2.75) is 25.8 Å². The highest BCUT2D eigenvalue weighted by Crippen LogP contribution is 2.15. The van der Waals surface area contributed by atoms with E-state index in [1.54, 1.807) is 31.2 Å². The molecular weight excluding hydrogens is 272 g/mol. The van der Waals surface area contributed by atoms with Crippen molar-refractivity contribution in [2.24, 2.45) is 11.5 Å². The maximum atomic E-state index is 12.0. The minimum atomic E-state index is -0.629. The van der Waals surface area contributed by atoms with Crippen LogP contribution in [0.4, 0.5) is 5.69 Å². The second kappa shape index (κ2) is 8.01. The fourth-order valence-corrected chi connectivity index (χ4v) is 1.60. The average Bonchev–Trinajstić information content (AvgIpc) is 2.46. The van der Waals surface area contributed by atoms with Gasteiger partial charge in [-0.1, -0.05) is 19.1 Å². The van der Waals surface area contributed by atoms with Gasteiger partial charge in [0.15, 0.2) is 0 Å². The maximum absolute atomic E-state index is 12.0. The summed E-state index contributed by atoms with van der Waals surface area (Å²) < 4.78 is 0. The van der Waals surface area contributed by atoms with Gasteiger partial charge in [0.1, 0.15) is 0 Å². The molecule has 1 aromatic carbocycles. The van der Waals surface area contributed by atoms with Crippen molar-refractivity contribution >= 4 is 23.4 Å². The molecular formula is C14H20N4O3. The first-order chi connectivity index (χ1) is 9.95. The Morgan fingerprint density at radius 1 is 1.24 bits per heavy atom. The third kappa shape index (κ3) is 5.23. The lowest BCUT2D eigenvalue weighted by atomic mass is 10.1. The standard InChI is InChI=1S/C14H20N4O3/c1-2-10(15)14(21)18-11-6-4-3-5-9(11)13(20)17-8-7-12(16)19/h3-6,10H,2,7-8,15H2,1H3,(H2,16,19)(H,17,20)(H,18,21)/t10-/m0/s1. The lowest BCUT2D eigenvalue weighted by Gasteiger charge is -2.13. The van der Waals surface area contributed by atoms with E-state index in [2.05, 4.69) is 10.6 Å². The minimum Gasteiger partial charge on any atom is -0.370 e. The second-order valence-corrected chi connectivity index (χ2v) is 4.52. The molecule has 0 heterocycles. The molecule has 21 heavy (non-hydrogen) atoms. The van der Waals surface area contributed by atoms with Crippen molar-refractivity contribution in [1.29, 1.82) is 0 Å². The fourth-order valence-electron chi connectivity index (χ4n) is 1.60. The number of nitrogens with two attached hydrogens (primary N) is 2. The summed E-state index contributed by atoms with van der Waals surface area (Å²) in [5.41, 5.74) is 11.3. The highest BCUT2D eigenvalue weighted by Gasteiger charge is 2.16. The van der Waals surface area contributed by atoms with Gasteiger partial charge in [-0.15, -0.1) is 0 Å². The lowest BCUT2D eigenvalue weighted by Crippen LogP contribution is -2.35. The van der Waals surface area contributed by atoms with Crippen LogP contribution in [-0.4, -0.2) is 30.3 Å².